The first kappa shape index (κ1) is 11.6. The van der Waals surface area contributed by atoms with Gasteiger partial charge >= 0.3 is 0 Å². The molecule has 0 saturated heterocycles. The van der Waals surface area contributed by atoms with E-state index in [4.69, 9.17) is 22.8 Å². The van der Waals surface area contributed by atoms with Crippen LogP contribution >= 0.6 is 11.6 Å². The molecule has 0 fully saturated rings. The molecule has 1 aromatic rings. The van der Waals surface area contributed by atoms with Crippen molar-refractivity contribution in [3.63, 3.8) is 0 Å². The zero-order valence-electron chi connectivity index (χ0n) is 8.36. The lowest BCUT2D eigenvalue weighted by Gasteiger charge is -2.06. The highest BCUT2D eigenvalue weighted by Crippen LogP contribution is 2.14. The number of aromatic nitrogens is 2. The summed E-state index contributed by atoms with van der Waals surface area (Å²) in [5.74, 6) is 2.57. The Morgan fingerprint density at radius 1 is 1.73 bits per heavy atom. The minimum atomic E-state index is -0.283. The normalized spacial score (nSPS) is 9.67. The molecule has 0 amide bonds. The average Bonchev–Trinajstić information content (AvgIpc) is 2.22. The lowest BCUT2D eigenvalue weighted by molar-refractivity contribution is 0.398. The van der Waals surface area contributed by atoms with Gasteiger partial charge < -0.3 is 4.74 Å². The summed E-state index contributed by atoms with van der Waals surface area (Å²) in [5, 5.41) is 0.0794. The van der Waals surface area contributed by atoms with E-state index in [2.05, 4.69) is 10.9 Å². The fraction of sp³-hybridized carbons (Fsp3) is 0.400. The molecule has 0 spiro atoms. The summed E-state index contributed by atoms with van der Waals surface area (Å²) in [6, 6.07) is 0. The Morgan fingerprint density at radius 3 is 3.07 bits per heavy atom. The fourth-order valence-corrected chi connectivity index (χ4v) is 1.33. The van der Waals surface area contributed by atoms with Gasteiger partial charge in [-0.1, -0.05) is 11.6 Å². The van der Waals surface area contributed by atoms with Crippen LogP contribution in [0.4, 0.5) is 0 Å². The topological polar surface area (TPSA) is 44.1 Å². The summed E-state index contributed by atoms with van der Waals surface area (Å²) in [4.78, 5) is 15.5. The molecule has 1 heterocycles. The van der Waals surface area contributed by atoms with E-state index in [9.17, 15) is 4.79 Å². The van der Waals surface area contributed by atoms with E-state index in [1.54, 1.807) is 0 Å². The number of rotatable bonds is 4. The van der Waals surface area contributed by atoms with E-state index in [-0.39, 0.29) is 16.5 Å². The maximum Gasteiger partial charge on any atom is 0.297 e. The molecule has 0 aliphatic rings. The van der Waals surface area contributed by atoms with Crippen LogP contribution in [-0.4, -0.2) is 16.7 Å². The monoisotopic (exact) mass is 226 g/mol. The van der Waals surface area contributed by atoms with Crippen molar-refractivity contribution in [1.82, 2.24) is 9.55 Å². The van der Waals surface area contributed by atoms with Crippen LogP contribution in [0.3, 0.4) is 0 Å². The van der Waals surface area contributed by atoms with E-state index >= 15 is 0 Å². The highest BCUT2D eigenvalue weighted by Gasteiger charge is 2.09. The van der Waals surface area contributed by atoms with Crippen molar-refractivity contribution in [3.8, 4) is 18.1 Å². The first-order valence-corrected chi connectivity index (χ1v) is 4.81. The number of halogens is 1. The highest BCUT2D eigenvalue weighted by molar-refractivity contribution is 6.30. The van der Waals surface area contributed by atoms with Gasteiger partial charge in [-0.2, -0.15) is 0 Å². The first-order valence-electron chi connectivity index (χ1n) is 4.43. The van der Waals surface area contributed by atoms with Crippen LogP contribution < -0.4 is 10.3 Å². The highest BCUT2D eigenvalue weighted by atomic mass is 35.5. The number of aryl methyl sites for hydroxylation is 1. The third-order valence-electron chi connectivity index (χ3n) is 1.88. The summed E-state index contributed by atoms with van der Waals surface area (Å²) in [5.41, 5.74) is -0.283. The van der Waals surface area contributed by atoms with Gasteiger partial charge in [0, 0.05) is 13.0 Å². The molecular weight excluding hydrogens is 216 g/mol. The number of unbranched alkanes of at least 4 members (excludes halogenated alkanes) is 1. The number of terminal acetylenes is 1. The van der Waals surface area contributed by atoms with Crippen molar-refractivity contribution in [1.29, 1.82) is 0 Å². The predicted molar refractivity (Wildman–Crippen MR) is 58.1 cm³/mol. The molecule has 0 radical (unpaired) electrons. The molecule has 0 saturated carbocycles. The van der Waals surface area contributed by atoms with Gasteiger partial charge in [-0.05, 0) is 6.42 Å². The number of nitrogens with zero attached hydrogens (tertiary/aromatic N) is 2. The van der Waals surface area contributed by atoms with E-state index in [1.165, 1.54) is 18.0 Å². The molecule has 0 unspecified atom stereocenters. The standard InChI is InChI=1S/C10H11ClN2O2/c1-3-4-5-6-13-7-12-9(11)8(15-2)10(13)14/h1,7H,4-6H2,2H3. The molecular formula is C10H11ClN2O2. The molecule has 80 valence electrons. The van der Waals surface area contributed by atoms with Crippen molar-refractivity contribution >= 4 is 11.6 Å². The van der Waals surface area contributed by atoms with Crippen LogP contribution in [0.25, 0.3) is 0 Å². The van der Waals surface area contributed by atoms with Gasteiger partial charge in [0.25, 0.3) is 5.56 Å². The van der Waals surface area contributed by atoms with E-state index < -0.39 is 0 Å². The van der Waals surface area contributed by atoms with E-state index in [0.717, 1.165) is 6.42 Å². The summed E-state index contributed by atoms with van der Waals surface area (Å²) >= 11 is 5.68. The van der Waals surface area contributed by atoms with Gasteiger partial charge in [-0.3, -0.25) is 9.36 Å². The van der Waals surface area contributed by atoms with Crippen LogP contribution in [0.5, 0.6) is 5.75 Å². The molecule has 5 heteroatoms. The van der Waals surface area contributed by atoms with Crippen LogP contribution in [0.2, 0.25) is 5.15 Å². The summed E-state index contributed by atoms with van der Waals surface area (Å²) in [7, 11) is 1.38. The maximum absolute atomic E-state index is 11.7. The maximum atomic E-state index is 11.7. The number of methoxy groups -OCH3 is 1. The zero-order valence-corrected chi connectivity index (χ0v) is 9.12. The van der Waals surface area contributed by atoms with Crippen molar-refractivity contribution in [3.05, 3.63) is 21.8 Å². The summed E-state index contributed by atoms with van der Waals surface area (Å²) in [6.07, 6.45) is 7.85. The molecule has 15 heavy (non-hydrogen) atoms. The molecule has 1 aromatic heterocycles. The van der Waals surface area contributed by atoms with Gasteiger partial charge in [0.05, 0.1) is 13.4 Å². The second kappa shape index (κ2) is 5.42. The Kier molecular flexibility index (Phi) is 4.19. The fourth-order valence-electron chi connectivity index (χ4n) is 1.13. The Labute approximate surface area is 92.8 Å². The predicted octanol–water partition coefficient (Wildman–Crippen LogP) is 1.32. The van der Waals surface area contributed by atoms with Crippen LogP contribution in [-0.2, 0) is 6.54 Å². The number of hydrogen-bond acceptors (Lipinski definition) is 3. The Balaban J connectivity index is 2.92. The van der Waals surface area contributed by atoms with Gasteiger partial charge in [-0.25, -0.2) is 4.98 Å². The summed E-state index contributed by atoms with van der Waals surface area (Å²) in [6.45, 7) is 0.517. The van der Waals surface area contributed by atoms with Gasteiger partial charge in [0.2, 0.25) is 5.75 Å². The van der Waals surface area contributed by atoms with Crippen LogP contribution in [0.15, 0.2) is 11.1 Å². The van der Waals surface area contributed by atoms with Gasteiger partial charge in [-0.15, -0.1) is 12.3 Å². The van der Waals surface area contributed by atoms with Crippen LogP contribution in [0, 0.1) is 12.3 Å². The lowest BCUT2D eigenvalue weighted by atomic mass is 10.3. The smallest absolute Gasteiger partial charge is 0.297 e. The van der Waals surface area contributed by atoms with Gasteiger partial charge in [0.15, 0.2) is 5.15 Å². The largest absolute Gasteiger partial charge is 0.489 e. The minimum absolute atomic E-state index is 0.0693. The Hall–Kier alpha value is -1.47. The minimum Gasteiger partial charge on any atom is -0.489 e. The molecule has 4 nitrogen and oxygen atoms in total. The zero-order chi connectivity index (χ0) is 11.3. The quantitative estimate of drug-likeness (QED) is 0.442. The average molecular weight is 227 g/mol. The Bertz CT molecular complexity index is 434. The van der Waals surface area contributed by atoms with Crippen molar-refractivity contribution in [2.75, 3.05) is 7.11 Å². The SMILES string of the molecule is C#CCCCn1cnc(Cl)c(OC)c1=O. The van der Waals surface area contributed by atoms with E-state index in [0.29, 0.717) is 13.0 Å². The molecule has 0 N–H and O–H groups in total. The third-order valence-corrected chi connectivity index (χ3v) is 2.15. The first-order chi connectivity index (χ1) is 7.20. The third kappa shape index (κ3) is 2.74. The van der Waals surface area contributed by atoms with Crippen molar-refractivity contribution in [2.24, 2.45) is 0 Å². The number of ether oxygens (including phenoxy) is 1. The number of hydrogen-bond donors (Lipinski definition) is 0. The van der Waals surface area contributed by atoms with Crippen molar-refractivity contribution in [2.45, 2.75) is 19.4 Å². The van der Waals surface area contributed by atoms with Crippen molar-refractivity contribution < 1.29 is 4.74 Å². The van der Waals surface area contributed by atoms with Crippen LogP contribution in [0.1, 0.15) is 12.8 Å². The second-order valence-corrected chi connectivity index (χ2v) is 3.23. The van der Waals surface area contributed by atoms with Gasteiger partial charge in [0.1, 0.15) is 0 Å². The second-order valence-electron chi connectivity index (χ2n) is 2.87. The molecule has 1 rings (SSSR count). The summed E-state index contributed by atoms with van der Waals surface area (Å²) < 4.78 is 6.29. The lowest BCUT2D eigenvalue weighted by Crippen LogP contribution is -2.22. The molecule has 0 aromatic carbocycles. The molecule has 0 atom stereocenters. The molecule has 0 bridgehead atoms. The molecule has 0 aliphatic heterocycles. The Morgan fingerprint density at radius 2 is 2.47 bits per heavy atom. The van der Waals surface area contributed by atoms with E-state index in [1.807, 2.05) is 0 Å². The molecule has 0 aliphatic carbocycles.